The maximum Gasteiger partial charge on any atom is 0.0991 e. The Morgan fingerprint density at radius 1 is 1.71 bits per heavy atom. The van der Waals surface area contributed by atoms with Gasteiger partial charge in [0.25, 0.3) is 0 Å². The van der Waals surface area contributed by atoms with Crippen LogP contribution in [0.15, 0.2) is 6.20 Å². The topological polar surface area (TPSA) is 66.0 Å². The molecule has 0 aromatic carbocycles. The first-order valence-electron chi connectivity index (χ1n) is 5.02. The zero-order valence-electron chi connectivity index (χ0n) is 8.39. The Morgan fingerprint density at radius 2 is 2.57 bits per heavy atom. The zero-order chi connectivity index (χ0) is 9.97. The van der Waals surface area contributed by atoms with E-state index in [2.05, 4.69) is 10.3 Å². The predicted octanol–water partition coefficient (Wildman–Crippen LogP) is 0.649. The van der Waals surface area contributed by atoms with Crippen LogP contribution in [0, 0.1) is 0 Å². The Labute approximate surface area is 83.2 Å². The van der Waals surface area contributed by atoms with Gasteiger partial charge in [0.1, 0.15) is 0 Å². The number of hydrogen-bond acceptors (Lipinski definition) is 4. The van der Waals surface area contributed by atoms with Crippen LogP contribution < -0.4 is 5.73 Å². The van der Waals surface area contributed by atoms with Gasteiger partial charge < -0.3 is 10.5 Å². The van der Waals surface area contributed by atoms with Crippen molar-refractivity contribution in [1.29, 1.82) is 0 Å². The maximum atomic E-state index is 5.71. The molecule has 0 saturated carbocycles. The van der Waals surface area contributed by atoms with E-state index in [1.54, 1.807) is 0 Å². The molecule has 0 radical (unpaired) electrons. The van der Waals surface area contributed by atoms with Crippen molar-refractivity contribution in [3.63, 3.8) is 0 Å². The van der Waals surface area contributed by atoms with Crippen LogP contribution in [0.4, 0.5) is 0 Å². The summed E-state index contributed by atoms with van der Waals surface area (Å²) < 4.78 is 7.26. The predicted molar refractivity (Wildman–Crippen MR) is 51.7 cm³/mol. The zero-order valence-corrected chi connectivity index (χ0v) is 8.39. The number of rotatable bonds is 2. The first kappa shape index (κ1) is 9.61. The molecule has 78 valence electrons. The van der Waals surface area contributed by atoms with Crippen molar-refractivity contribution in [3.8, 4) is 0 Å². The third kappa shape index (κ3) is 1.93. The van der Waals surface area contributed by atoms with Crippen LogP contribution in [-0.2, 0) is 4.74 Å². The molecule has 1 saturated heterocycles. The second-order valence-corrected chi connectivity index (χ2v) is 3.78. The van der Waals surface area contributed by atoms with Gasteiger partial charge >= 0.3 is 0 Å². The highest BCUT2D eigenvalue weighted by Gasteiger charge is 2.17. The molecule has 0 amide bonds. The van der Waals surface area contributed by atoms with Crippen molar-refractivity contribution in [1.82, 2.24) is 15.0 Å². The highest BCUT2D eigenvalue weighted by Crippen LogP contribution is 2.18. The molecular formula is C9H16N4O. The van der Waals surface area contributed by atoms with E-state index in [0.717, 1.165) is 31.7 Å². The number of ether oxygens (including phenoxy) is 1. The lowest BCUT2D eigenvalue weighted by molar-refractivity contribution is 0.0542. The van der Waals surface area contributed by atoms with Crippen LogP contribution in [0.25, 0.3) is 0 Å². The van der Waals surface area contributed by atoms with Crippen molar-refractivity contribution in [2.75, 3.05) is 13.2 Å². The number of aromatic nitrogens is 3. The fraction of sp³-hybridized carbons (Fsp3) is 0.778. The summed E-state index contributed by atoms with van der Waals surface area (Å²) in [7, 11) is 0. The minimum absolute atomic E-state index is 0.0479. The average Bonchev–Trinajstić information content (AvgIpc) is 2.68. The summed E-state index contributed by atoms with van der Waals surface area (Å²) in [5.74, 6) is 0. The normalized spacial score (nSPS) is 24.9. The summed E-state index contributed by atoms with van der Waals surface area (Å²) >= 11 is 0. The van der Waals surface area contributed by atoms with Crippen molar-refractivity contribution < 1.29 is 4.74 Å². The van der Waals surface area contributed by atoms with Gasteiger partial charge in [-0.05, 0) is 19.8 Å². The fourth-order valence-corrected chi connectivity index (χ4v) is 1.61. The third-order valence-electron chi connectivity index (χ3n) is 2.50. The second kappa shape index (κ2) is 4.06. The average molecular weight is 196 g/mol. The second-order valence-electron chi connectivity index (χ2n) is 3.78. The summed E-state index contributed by atoms with van der Waals surface area (Å²) in [4.78, 5) is 0. The molecule has 2 heterocycles. The number of nitrogens with two attached hydrogens (primary N) is 1. The van der Waals surface area contributed by atoms with Gasteiger partial charge in [0.05, 0.1) is 24.5 Å². The molecule has 1 aromatic rings. The van der Waals surface area contributed by atoms with Crippen LogP contribution in [0.5, 0.6) is 0 Å². The molecule has 1 fully saturated rings. The van der Waals surface area contributed by atoms with Crippen molar-refractivity contribution in [3.05, 3.63) is 11.9 Å². The standard InChI is InChI=1S/C9H16N4O/c1-7(10)9-5-13(12-11-9)8-3-2-4-14-6-8/h5,7-8H,2-4,6,10H2,1H3. The van der Waals surface area contributed by atoms with E-state index in [4.69, 9.17) is 10.5 Å². The SMILES string of the molecule is CC(N)c1cn(C2CCCOC2)nn1. The smallest absolute Gasteiger partial charge is 0.0991 e. The van der Waals surface area contributed by atoms with Crippen molar-refractivity contribution in [2.24, 2.45) is 5.73 Å². The van der Waals surface area contributed by atoms with Crippen molar-refractivity contribution in [2.45, 2.75) is 31.8 Å². The Bertz CT molecular complexity index is 291. The van der Waals surface area contributed by atoms with Gasteiger partial charge in [0.15, 0.2) is 0 Å². The Balaban J connectivity index is 2.07. The maximum absolute atomic E-state index is 5.71. The number of hydrogen-bond donors (Lipinski definition) is 1. The first-order chi connectivity index (χ1) is 6.77. The molecule has 0 spiro atoms. The third-order valence-corrected chi connectivity index (χ3v) is 2.50. The van der Waals surface area contributed by atoms with Crippen LogP contribution in [0.1, 0.15) is 37.5 Å². The fourth-order valence-electron chi connectivity index (χ4n) is 1.61. The summed E-state index contributed by atoms with van der Waals surface area (Å²) in [6.45, 7) is 3.51. The molecule has 1 aliphatic heterocycles. The van der Waals surface area contributed by atoms with E-state index in [0.29, 0.717) is 6.04 Å². The molecule has 2 rings (SSSR count). The molecule has 14 heavy (non-hydrogen) atoms. The Hall–Kier alpha value is -0.940. The van der Waals surface area contributed by atoms with E-state index >= 15 is 0 Å². The Kier molecular flexibility index (Phi) is 2.79. The lowest BCUT2D eigenvalue weighted by Crippen LogP contribution is -2.21. The monoisotopic (exact) mass is 196 g/mol. The molecule has 2 N–H and O–H groups in total. The van der Waals surface area contributed by atoms with Crippen LogP contribution in [-0.4, -0.2) is 28.2 Å². The van der Waals surface area contributed by atoms with Crippen LogP contribution in [0.2, 0.25) is 0 Å². The summed E-state index contributed by atoms with van der Waals surface area (Å²) in [6, 6.07) is 0.289. The van der Waals surface area contributed by atoms with Crippen LogP contribution >= 0.6 is 0 Å². The molecule has 5 nitrogen and oxygen atoms in total. The summed E-state index contributed by atoms with van der Waals surface area (Å²) in [5, 5.41) is 8.09. The van der Waals surface area contributed by atoms with Gasteiger partial charge in [-0.25, -0.2) is 4.68 Å². The minimum atomic E-state index is -0.0479. The lowest BCUT2D eigenvalue weighted by atomic mass is 10.1. The molecule has 0 aliphatic carbocycles. The molecule has 0 bridgehead atoms. The van der Waals surface area contributed by atoms with Gasteiger partial charge in [-0.15, -0.1) is 5.10 Å². The highest BCUT2D eigenvalue weighted by atomic mass is 16.5. The largest absolute Gasteiger partial charge is 0.379 e. The van der Waals surface area contributed by atoms with Gasteiger partial charge in [0.2, 0.25) is 0 Å². The van der Waals surface area contributed by atoms with Gasteiger partial charge in [-0.2, -0.15) is 0 Å². The molecule has 1 aromatic heterocycles. The molecule has 2 atom stereocenters. The van der Waals surface area contributed by atoms with Crippen molar-refractivity contribution >= 4 is 0 Å². The van der Waals surface area contributed by atoms with E-state index in [-0.39, 0.29) is 6.04 Å². The van der Waals surface area contributed by atoms with E-state index in [1.807, 2.05) is 17.8 Å². The van der Waals surface area contributed by atoms with Gasteiger partial charge in [0, 0.05) is 12.6 Å². The Morgan fingerprint density at radius 3 is 3.14 bits per heavy atom. The lowest BCUT2D eigenvalue weighted by Gasteiger charge is -2.21. The quantitative estimate of drug-likeness (QED) is 0.754. The summed E-state index contributed by atoms with van der Waals surface area (Å²) in [6.07, 6.45) is 4.13. The molecule has 5 heteroatoms. The molecule has 1 aliphatic rings. The first-order valence-corrected chi connectivity index (χ1v) is 5.02. The van der Waals surface area contributed by atoms with Crippen LogP contribution in [0.3, 0.4) is 0 Å². The number of nitrogens with zero attached hydrogens (tertiary/aromatic N) is 3. The highest BCUT2D eigenvalue weighted by molar-refractivity contribution is 4.98. The van der Waals surface area contributed by atoms with Gasteiger partial charge in [-0.3, -0.25) is 0 Å². The van der Waals surface area contributed by atoms with E-state index in [9.17, 15) is 0 Å². The molecular weight excluding hydrogens is 180 g/mol. The summed E-state index contributed by atoms with van der Waals surface area (Å²) in [5.41, 5.74) is 6.55. The van der Waals surface area contributed by atoms with E-state index in [1.165, 1.54) is 0 Å². The molecule has 2 unspecified atom stereocenters. The van der Waals surface area contributed by atoms with E-state index < -0.39 is 0 Å². The minimum Gasteiger partial charge on any atom is -0.379 e. The van der Waals surface area contributed by atoms with Gasteiger partial charge in [-0.1, -0.05) is 5.21 Å².